The van der Waals surface area contributed by atoms with E-state index in [0.29, 0.717) is 78.7 Å². The molecule has 718 valence electrons. The number of rotatable bonds is 39. The van der Waals surface area contributed by atoms with Crippen molar-refractivity contribution < 1.29 is 57.1 Å². The quantitative estimate of drug-likeness (QED) is 0.00324. The third-order valence-corrected chi connectivity index (χ3v) is 21.8. The zero-order valence-corrected chi connectivity index (χ0v) is 79.8. The van der Waals surface area contributed by atoms with Gasteiger partial charge in [0.2, 0.25) is 0 Å². The van der Waals surface area contributed by atoms with Crippen LogP contribution in [-0.2, 0) is 84.8 Å². The summed E-state index contributed by atoms with van der Waals surface area (Å²) in [7, 11) is 0. The maximum absolute atomic E-state index is 12.4. The van der Waals surface area contributed by atoms with Gasteiger partial charge in [-0.3, -0.25) is 30.2 Å². The molecule has 0 aliphatic heterocycles. The minimum atomic E-state index is -0.661. The second-order valence-electron chi connectivity index (χ2n) is 35.4. The molecule has 0 radical (unpaired) electrons. The molecule has 2 heterocycles. The van der Waals surface area contributed by atoms with Crippen molar-refractivity contribution in [2.75, 3.05) is 102 Å². The van der Waals surface area contributed by atoms with E-state index in [0.717, 1.165) is 177 Å². The molecule has 131 heavy (non-hydrogen) atoms. The van der Waals surface area contributed by atoms with Gasteiger partial charge in [0.15, 0.2) is 56.9 Å². The summed E-state index contributed by atoms with van der Waals surface area (Å²) in [4.78, 5) is 86.2. The lowest BCUT2D eigenvalue weighted by atomic mass is 9.86. The minimum Gasteiger partial charge on any atom is -0.493 e. The number of hydrogen-bond donors (Lipinski definition) is 13. The third kappa shape index (κ3) is 38.6. The Bertz CT molecular complexity index is 4850. The van der Waals surface area contributed by atoms with Crippen LogP contribution in [0, 0.1) is 0 Å². The molecule has 0 fully saturated rings. The first kappa shape index (κ1) is 107. The van der Waals surface area contributed by atoms with Gasteiger partial charge in [-0.15, -0.1) is 0 Å². The van der Waals surface area contributed by atoms with Crippen molar-refractivity contribution in [1.82, 2.24) is 46.5 Å². The van der Waals surface area contributed by atoms with E-state index in [2.05, 4.69) is 121 Å². The minimum absolute atomic E-state index is 0.0180. The second-order valence-corrected chi connectivity index (χ2v) is 36.1. The Morgan fingerprint density at radius 3 is 1.08 bits per heavy atom. The molecule has 0 unspecified atom stereocenters. The van der Waals surface area contributed by atoms with Crippen LogP contribution in [0.15, 0.2) is 69.7 Å². The highest BCUT2D eigenvalue weighted by Gasteiger charge is 2.26. The number of amides is 5. The van der Waals surface area contributed by atoms with Gasteiger partial charge in [-0.1, -0.05) is 64.7 Å². The lowest BCUT2D eigenvalue weighted by Crippen LogP contribution is -2.38. The Hall–Kier alpha value is -11.3. The number of alkyl carbamates (subject to hydrolysis) is 3. The fourth-order valence-corrected chi connectivity index (χ4v) is 15.5. The fourth-order valence-electron chi connectivity index (χ4n) is 15.3. The van der Waals surface area contributed by atoms with E-state index >= 15 is 0 Å². The van der Waals surface area contributed by atoms with Gasteiger partial charge >= 0.3 is 18.3 Å². The average Bonchev–Trinajstić information content (AvgIpc) is 0.805. The van der Waals surface area contributed by atoms with Crippen molar-refractivity contribution in [2.24, 2.45) is 38.0 Å². The van der Waals surface area contributed by atoms with Crippen LogP contribution in [0.1, 0.15) is 272 Å². The topological polar surface area (TPSA) is 543 Å². The van der Waals surface area contributed by atoms with Crippen LogP contribution in [0.3, 0.4) is 0 Å². The lowest BCUT2D eigenvalue weighted by molar-refractivity contribution is 0.0513. The van der Waals surface area contributed by atoms with Gasteiger partial charge in [0.1, 0.15) is 39.8 Å². The number of guanidine groups is 2. The second kappa shape index (κ2) is 55.8. The highest BCUT2D eigenvalue weighted by molar-refractivity contribution is 6.32. The Kier molecular flexibility index (Phi) is 45.4. The first-order valence-electron chi connectivity index (χ1n) is 46.1. The van der Waals surface area contributed by atoms with Crippen molar-refractivity contribution in [3.05, 3.63) is 154 Å². The van der Waals surface area contributed by atoms with E-state index < -0.39 is 40.8 Å². The predicted molar refractivity (Wildman–Crippen MR) is 520 cm³/mol. The van der Waals surface area contributed by atoms with Crippen LogP contribution in [-0.4, -0.2) is 158 Å². The van der Waals surface area contributed by atoms with Gasteiger partial charge in [0, 0.05) is 44.2 Å². The molecule has 4 aromatic carbocycles. The molecule has 2 aromatic heterocycles. The first-order chi connectivity index (χ1) is 62.7. The van der Waals surface area contributed by atoms with Crippen LogP contribution >= 0.6 is 23.2 Å². The van der Waals surface area contributed by atoms with E-state index in [-0.39, 0.29) is 63.0 Å². The summed E-state index contributed by atoms with van der Waals surface area (Å²) >= 11 is 11.6. The molecule has 21 N–H and O–H groups in total. The summed E-state index contributed by atoms with van der Waals surface area (Å²) in [5, 5.41) is 16.5. The van der Waals surface area contributed by atoms with E-state index in [1.807, 2.05) is 68.4 Å². The molecule has 34 nitrogen and oxygen atoms in total. The van der Waals surface area contributed by atoms with Gasteiger partial charge in [0.25, 0.3) is 11.8 Å². The van der Waals surface area contributed by atoms with Gasteiger partial charge < -0.3 is 95.0 Å². The Balaban J connectivity index is 0.000000242. The third-order valence-electron chi connectivity index (χ3n) is 21.3. The number of hydrogen-bond acceptors (Lipinski definition) is 25. The van der Waals surface area contributed by atoms with Crippen LogP contribution in [0.25, 0.3) is 16.5 Å². The smallest absolute Gasteiger partial charge is 0.407 e. The number of carbonyl (C=O) groups excluding carboxylic acids is 5. The molecule has 0 bridgehead atoms. The summed E-state index contributed by atoms with van der Waals surface area (Å²) in [5.74, 6) is 2.16. The van der Waals surface area contributed by atoms with Crippen molar-refractivity contribution >= 4 is 94.6 Å². The Morgan fingerprint density at radius 2 is 0.740 bits per heavy atom. The van der Waals surface area contributed by atoms with Crippen LogP contribution < -0.4 is 91.4 Å². The van der Waals surface area contributed by atoms with Crippen LogP contribution in [0.2, 0.25) is 10.3 Å². The molecule has 5 amide bonds. The van der Waals surface area contributed by atoms with Crippen molar-refractivity contribution in [3.8, 4) is 23.0 Å². The Labute approximate surface area is 781 Å². The standard InChI is InChI=1S/C28H41ClN8O4.C23H33ClN8O2.C22H32N4O3.C22H36N2O3/c1-28(2,3)41-27(39)34-15-8-16-40-20-13-12-17(18-10-4-5-11-19(18)20)9-6-7-14-33-26(32)37-25(38)21-23(30)36-24(31)22(29)35-21;24-19-21(27)31-20(26)18(30-19)22(33)32-23(28)29-12-4-3-6-14-9-10-17(34-13-5-11-25)16-8-2-1-7-15(14)16;1-22(2,3)29-21(27)24-14-8-16-28-20-13-12-17(9-6-7-15-25-26-23)18-10-4-5-11-19(18)20;1-22(2,3)27-21(25)24-15-8-16-26-20-13-12-17(9-6-7-14-23)18-10-4-5-11-19(18)20/h12-13H,4-11,14-16H2,1-3H3,(H,34,39)(H4,30,31,36)(H3,32,33,37,38);9-10H,1-8,11-13,25H2,(H4,26,27,31)(H3,28,29,32,33);6,9,12-13H,4-5,7-8,10-11,14-16H2,1-3H3,(H,24,27);12-13H,4-11,14-16,23H2,1-3H3,(H,24,25)/b;;9-6+;. The predicted octanol–water partition coefficient (Wildman–Crippen LogP) is 15.2. The zero-order chi connectivity index (χ0) is 95.3. The SMILES string of the molecule is CC(C)(C)OC(=O)NCCCOc1ccc(/C=C/CCN=[N+]=[N-])c2c1CCCC2.CC(C)(C)OC(=O)NCCCOc1ccc(CCCCN)c2c1CCCC2.CC(C)(C)OC(=O)NCCCOc1ccc(CCCCN=C(N)NC(=O)c2nc(Cl)c(N)nc2N)c2c1CCCC2.NCCCOc1ccc(CCCCN=C(N)NC(=O)c2nc(Cl)c(N)nc2N)c2c1CCCC2. The zero-order valence-electron chi connectivity index (χ0n) is 78.3. The largest absolute Gasteiger partial charge is 0.493 e. The average molecular weight is 1860 g/mol. The van der Waals surface area contributed by atoms with Crippen molar-refractivity contribution in [1.29, 1.82) is 0 Å². The van der Waals surface area contributed by atoms with Crippen molar-refractivity contribution in [3.63, 3.8) is 0 Å². The van der Waals surface area contributed by atoms with Gasteiger partial charge in [-0.2, -0.15) is 0 Å². The molecule has 36 heteroatoms. The highest BCUT2D eigenvalue weighted by atomic mass is 35.5. The summed E-state index contributed by atoms with van der Waals surface area (Å²) in [6.07, 6.45) is 33.6. The van der Waals surface area contributed by atoms with Gasteiger partial charge in [-0.25, -0.2) is 34.3 Å². The highest BCUT2D eigenvalue weighted by Crippen LogP contribution is 2.38. The van der Waals surface area contributed by atoms with E-state index in [4.69, 9.17) is 108 Å². The molecule has 0 atom stereocenters. The number of carbonyl (C=O) groups is 5. The molecule has 10 rings (SSSR count). The summed E-state index contributed by atoms with van der Waals surface area (Å²) in [5.41, 5.74) is 68.3. The maximum atomic E-state index is 12.4. The normalized spacial score (nSPS) is 13.5. The molecule has 0 saturated carbocycles. The number of unbranched alkanes of at least 4 members (excludes halogenated alkanes) is 3. The monoisotopic (exact) mass is 1850 g/mol. The molecule has 6 aromatic rings. The van der Waals surface area contributed by atoms with Gasteiger partial charge in [-0.05, 0) is 365 Å². The number of fused-ring (bicyclic) bond motifs is 4. The molecule has 0 saturated heterocycles. The number of ether oxygens (including phenoxy) is 7. The number of aryl methyl sites for hydroxylation is 3. The number of nitrogen functional groups attached to an aromatic ring is 4. The number of anilines is 4. The fraction of sp³-hybridized carbons (Fsp3) is 0.568. The van der Waals surface area contributed by atoms with Crippen LogP contribution in [0.4, 0.5) is 37.7 Å². The van der Waals surface area contributed by atoms with Crippen molar-refractivity contribution in [2.45, 2.75) is 272 Å². The van der Waals surface area contributed by atoms with Crippen LogP contribution in [0.5, 0.6) is 23.0 Å². The number of nitrogens with two attached hydrogens (primary N) is 8. The maximum Gasteiger partial charge on any atom is 0.407 e. The van der Waals surface area contributed by atoms with E-state index in [1.54, 1.807) is 0 Å². The Morgan fingerprint density at radius 1 is 0.420 bits per heavy atom. The molecule has 0 spiro atoms. The lowest BCUT2D eigenvalue weighted by Gasteiger charge is -2.23. The number of nitrogens with one attached hydrogen (secondary N) is 5. The number of aromatic nitrogens is 4. The summed E-state index contributed by atoms with van der Waals surface area (Å²) < 4.78 is 39.9. The van der Waals surface area contributed by atoms with E-state index in [9.17, 15) is 24.0 Å². The number of halogens is 2. The molecular weight excluding hydrogens is 1710 g/mol. The number of benzene rings is 4. The summed E-state index contributed by atoms with van der Waals surface area (Å²) in [6.45, 7) is 23.3. The number of aliphatic imine (C=N–C) groups is 2. The first-order valence-corrected chi connectivity index (χ1v) is 46.9. The van der Waals surface area contributed by atoms with E-state index in [1.165, 1.54) is 105 Å². The van der Waals surface area contributed by atoms with Gasteiger partial charge in [0.05, 0.1) is 26.4 Å². The summed E-state index contributed by atoms with van der Waals surface area (Å²) in [6, 6.07) is 17.0. The molecule has 4 aliphatic rings. The number of nitrogens with zero attached hydrogens (tertiary/aromatic N) is 9. The molecular formula is C95H142Cl2N22O12. The number of azide groups is 1. The molecule has 4 aliphatic carbocycles.